The van der Waals surface area contributed by atoms with Gasteiger partial charge in [-0.05, 0) is 37.0 Å². The molecule has 1 aromatic carbocycles. The van der Waals surface area contributed by atoms with E-state index in [1.165, 1.54) is 5.56 Å². The summed E-state index contributed by atoms with van der Waals surface area (Å²) in [5, 5.41) is 3.15. The van der Waals surface area contributed by atoms with Crippen molar-refractivity contribution in [1.29, 1.82) is 0 Å². The maximum Gasteiger partial charge on any atom is 0.241 e. The van der Waals surface area contributed by atoms with Crippen LogP contribution in [0.4, 0.5) is 11.6 Å². The van der Waals surface area contributed by atoms with Gasteiger partial charge in [-0.1, -0.05) is 32.0 Å². The second kappa shape index (κ2) is 8.95. The van der Waals surface area contributed by atoms with Gasteiger partial charge < -0.3 is 10.2 Å². The van der Waals surface area contributed by atoms with Crippen LogP contribution in [0.2, 0.25) is 0 Å². The van der Waals surface area contributed by atoms with Crippen molar-refractivity contribution >= 4 is 17.5 Å². The molecule has 0 aliphatic carbocycles. The molecular weight excluding hydrogens is 338 g/mol. The van der Waals surface area contributed by atoms with Gasteiger partial charge in [-0.25, -0.2) is 9.97 Å². The van der Waals surface area contributed by atoms with Crippen molar-refractivity contribution in [3.8, 4) is 0 Å². The van der Waals surface area contributed by atoms with Crippen LogP contribution in [0.1, 0.15) is 38.7 Å². The van der Waals surface area contributed by atoms with Gasteiger partial charge in [-0.3, -0.25) is 9.69 Å². The predicted octanol–water partition coefficient (Wildman–Crippen LogP) is 3.14. The van der Waals surface area contributed by atoms with Crippen LogP contribution in [0.3, 0.4) is 0 Å². The summed E-state index contributed by atoms with van der Waals surface area (Å²) in [5.41, 5.74) is 2.13. The molecule has 1 fully saturated rings. The molecule has 0 radical (unpaired) electrons. The summed E-state index contributed by atoms with van der Waals surface area (Å²) in [7, 11) is 0. The first-order valence-electron chi connectivity index (χ1n) is 9.76. The Kier molecular flexibility index (Phi) is 6.40. The molecule has 27 heavy (non-hydrogen) atoms. The summed E-state index contributed by atoms with van der Waals surface area (Å²) < 4.78 is 0. The highest BCUT2D eigenvalue weighted by Crippen LogP contribution is 2.26. The maximum atomic E-state index is 12.8. The lowest BCUT2D eigenvalue weighted by Crippen LogP contribution is -2.53. The Bertz CT molecular complexity index is 743. The number of hydrogen-bond donors (Lipinski definition) is 1. The summed E-state index contributed by atoms with van der Waals surface area (Å²) in [6, 6.07) is 9.76. The van der Waals surface area contributed by atoms with Crippen LogP contribution in [0.15, 0.2) is 42.7 Å². The van der Waals surface area contributed by atoms with Gasteiger partial charge in [0.05, 0.1) is 6.04 Å². The number of carbonyl (C=O) groups is 1. The number of anilines is 2. The Hall–Kier alpha value is -2.47. The standard InChI is InChI=1S/C21H29N5O/c1-4-16(2)18-8-5-6-9-19(18)24-20(27)17(3)25-12-14-26(15-13-25)21-22-10-7-11-23-21/h5-11,16-17H,4,12-15H2,1-3H3,(H,24,27)/t16-,17+/m0/s1. The van der Waals surface area contributed by atoms with Gasteiger partial charge in [0.25, 0.3) is 0 Å². The molecule has 6 nitrogen and oxygen atoms in total. The van der Waals surface area contributed by atoms with Crippen molar-refractivity contribution in [3.05, 3.63) is 48.3 Å². The molecule has 1 N–H and O–H groups in total. The van der Waals surface area contributed by atoms with Crippen molar-refractivity contribution in [3.63, 3.8) is 0 Å². The molecule has 0 saturated carbocycles. The molecule has 3 rings (SSSR count). The number of nitrogens with one attached hydrogen (secondary N) is 1. The largest absolute Gasteiger partial charge is 0.338 e. The molecule has 6 heteroatoms. The first-order chi connectivity index (χ1) is 13.1. The minimum Gasteiger partial charge on any atom is -0.338 e. The smallest absolute Gasteiger partial charge is 0.241 e. The van der Waals surface area contributed by atoms with E-state index in [2.05, 4.69) is 45.0 Å². The predicted molar refractivity (Wildman–Crippen MR) is 109 cm³/mol. The lowest BCUT2D eigenvalue weighted by atomic mass is 9.97. The normalized spacial score (nSPS) is 17.4. The average molecular weight is 367 g/mol. The fraction of sp³-hybridized carbons (Fsp3) is 0.476. The van der Waals surface area contributed by atoms with Crippen molar-refractivity contribution in [1.82, 2.24) is 14.9 Å². The zero-order chi connectivity index (χ0) is 19.2. The molecule has 2 heterocycles. The van der Waals surface area contributed by atoms with Gasteiger partial charge >= 0.3 is 0 Å². The van der Waals surface area contributed by atoms with E-state index in [1.807, 2.05) is 31.2 Å². The van der Waals surface area contributed by atoms with Gasteiger partial charge in [-0.2, -0.15) is 0 Å². The highest BCUT2D eigenvalue weighted by molar-refractivity contribution is 5.95. The Labute approximate surface area is 161 Å². The average Bonchev–Trinajstić information content (AvgIpc) is 2.73. The van der Waals surface area contributed by atoms with E-state index in [9.17, 15) is 4.79 Å². The molecule has 1 saturated heterocycles. The lowest BCUT2D eigenvalue weighted by molar-refractivity contribution is -0.120. The molecule has 0 spiro atoms. The van der Waals surface area contributed by atoms with Crippen LogP contribution in [0.5, 0.6) is 0 Å². The van der Waals surface area contributed by atoms with Crippen molar-refractivity contribution < 1.29 is 4.79 Å². The molecule has 0 bridgehead atoms. The summed E-state index contributed by atoms with van der Waals surface area (Å²) in [5.74, 6) is 1.23. The second-order valence-electron chi connectivity index (χ2n) is 7.13. The number of aromatic nitrogens is 2. The number of rotatable bonds is 6. The lowest BCUT2D eigenvalue weighted by Gasteiger charge is -2.37. The number of hydrogen-bond acceptors (Lipinski definition) is 5. The Morgan fingerprint density at radius 1 is 1.07 bits per heavy atom. The van der Waals surface area contributed by atoms with Crippen LogP contribution >= 0.6 is 0 Å². The molecule has 144 valence electrons. The second-order valence-corrected chi connectivity index (χ2v) is 7.13. The number of amides is 1. The zero-order valence-corrected chi connectivity index (χ0v) is 16.4. The molecule has 1 aromatic heterocycles. The van der Waals surface area contributed by atoms with Gasteiger partial charge in [0, 0.05) is 44.3 Å². The quantitative estimate of drug-likeness (QED) is 0.850. The number of piperazine rings is 1. The van der Waals surface area contributed by atoms with Crippen LogP contribution in [-0.4, -0.2) is 53.0 Å². The summed E-state index contributed by atoms with van der Waals surface area (Å²) in [6.45, 7) is 9.63. The van der Waals surface area contributed by atoms with E-state index in [4.69, 9.17) is 0 Å². The van der Waals surface area contributed by atoms with Crippen molar-refractivity contribution in [2.45, 2.75) is 39.2 Å². The molecule has 1 aliphatic heterocycles. The van der Waals surface area contributed by atoms with E-state index >= 15 is 0 Å². The van der Waals surface area contributed by atoms with Crippen LogP contribution < -0.4 is 10.2 Å². The molecule has 1 amide bonds. The monoisotopic (exact) mass is 367 g/mol. The van der Waals surface area contributed by atoms with Crippen molar-refractivity contribution in [2.75, 3.05) is 36.4 Å². The summed E-state index contributed by atoms with van der Waals surface area (Å²) in [6.07, 6.45) is 4.57. The zero-order valence-electron chi connectivity index (χ0n) is 16.4. The molecule has 1 aliphatic rings. The first kappa shape index (κ1) is 19.3. The van der Waals surface area contributed by atoms with E-state index in [1.54, 1.807) is 12.4 Å². The molecular formula is C21H29N5O. The Balaban J connectivity index is 1.59. The van der Waals surface area contributed by atoms with Crippen molar-refractivity contribution in [2.24, 2.45) is 0 Å². The number of benzene rings is 1. The van der Waals surface area contributed by atoms with Gasteiger partial charge in [0.1, 0.15) is 0 Å². The molecule has 2 atom stereocenters. The SMILES string of the molecule is CC[C@H](C)c1ccccc1NC(=O)[C@@H](C)N1CCN(c2ncccn2)CC1. The summed E-state index contributed by atoms with van der Waals surface area (Å²) in [4.78, 5) is 25.9. The third kappa shape index (κ3) is 4.63. The van der Waals surface area contributed by atoms with Gasteiger partial charge in [0.2, 0.25) is 11.9 Å². The number of nitrogens with zero attached hydrogens (tertiary/aromatic N) is 4. The van der Waals surface area contributed by atoms with E-state index in [0.29, 0.717) is 5.92 Å². The first-order valence-corrected chi connectivity index (χ1v) is 9.76. The van der Waals surface area contributed by atoms with E-state index < -0.39 is 0 Å². The van der Waals surface area contributed by atoms with Crippen LogP contribution in [0.25, 0.3) is 0 Å². The Morgan fingerprint density at radius 3 is 2.41 bits per heavy atom. The van der Waals surface area contributed by atoms with E-state index in [-0.39, 0.29) is 11.9 Å². The highest BCUT2D eigenvalue weighted by atomic mass is 16.2. The van der Waals surface area contributed by atoms with Crippen LogP contribution in [0, 0.1) is 0 Å². The third-order valence-corrected chi connectivity index (χ3v) is 5.44. The molecule has 2 aromatic rings. The Morgan fingerprint density at radius 2 is 1.74 bits per heavy atom. The number of para-hydroxylation sites is 1. The van der Waals surface area contributed by atoms with Gasteiger partial charge in [0.15, 0.2) is 0 Å². The fourth-order valence-corrected chi connectivity index (χ4v) is 3.43. The maximum absolute atomic E-state index is 12.8. The summed E-state index contributed by atoms with van der Waals surface area (Å²) >= 11 is 0. The molecule has 0 unspecified atom stereocenters. The number of carbonyl (C=O) groups excluding carboxylic acids is 1. The van der Waals surface area contributed by atoms with Crippen LogP contribution in [-0.2, 0) is 4.79 Å². The highest BCUT2D eigenvalue weighted by Gasteiger charge is 2.27. The fourth-order valence-electron chi connectivity index (χ4n) is 3.43. The van der Waals surface area contributed by atoms with Gasteiger partial charge in [-0.15, -0.1) is 0 Å². The topological polar surface area (TPSA) is 61.4 Å². The minimum absolute atomic E-state index is 0.0511. The third-order valence-electron chi connectivity index (χ3n) is 5.44. The van der Waals surface area contributed by atoms with E-state index in [0.717, 1.165) is 44.2 Å². The minimum atomic E-state index is -0.172.